The van der Waals surface area contributed by atoms with Crippen molar-refractivity contribution in [2.24, 2.45) is 5.73 Å². The second-order valence-electron chi connectivity index (χ2n) is 4.37. The van der Waals surface area contributed by atoms with Crippen LogP contribution in [0, 0.1) is 0 Å². The number of halogens is 3. The summed E-state index contributed by atoms with van der Waals surface area (Å²) in [5.74, 6) is -2.88. The standard InChI is InChI=1S/C12H9ClF2N2/c13-10-8-4-2-1-3-7(8)5-9(17-10)11(16)6-12(11,14)15/h1-5H,6,16H2. The molecule has 2 nitrogen and oxygen atoms in total. The van der Waals surface area contributed by atoms with Crippen LogP contribution in [0.1, 0.15) is 12.1 Å². The molecule has 1 saturated carbocycles. The molecule has 2 aromatic rings. The fraction of sp³-hybridized carbons (Fsp3) is 0.250. The highest BCUT2D eigenvalue weighted by molar-refractivity contribution is 6.34. The van der Waals surface area contributed by atoms with Crippen LogP contribution in [0.3, 0.4) is 0 Å². The van der Waals surface area contributed by atoms with E-state index in [4.69, 9.17) is 17.3 Å². The highest BCUT2D eigenvalue weighted by Gasteiger charge is 2.71. The van der Waals surface area contributed by atoms with E-state index in [2.05, 4.69) is 4.98 Å². The molecule has 0 bridgehead atoms. The number of nitrogens with zero attached hydrogens (tertiary/aromatic N) is 1. The number of rotatable bonds is 1. The van der Waals surface area contributed by atoms with Gasteiger partial charge >= 0.3 is 0 Å². The van der Waals surface area contributed by atoms with Crippen LogP contribution in [-0.2, 0) is 5.54 Å². The van der Waals surface area contributed by atoms with Gasteiger partial charge in [-0.1, -0.05) is 35.9 Å². The SMILES string of the molecule is NC1(c2cc3ccccc3c(Cl)n2)CC1(F)F. The Bertz CT molecular complexity index is 614. The summed E-state index contributed by atoms with van der Waals surface area (Å²) >= 11 is 5.98. The van der Waals surface area contributed by atoms with Gasteiger partial charge in [0.15, 0.2) is 0 Å². The summed E-state index contributed by atoms with van der Waals surface area (Å²) in [6.07, 6.45) is -0.373. The maximum Gasteiger partial charge on any atom is 0.273 e. The minimum atomic E-state index is -2.88. The molecular weight excluding hydrogens is 246 g/mol. The molecule has 0 aliphatic heterocycles. The molecule has 1 aliphatic rings. The monoisotopic (exact) mass is 254 g/mol. The lowest BCUT2D eigenvalue weighted by atomic mass is 10.1. The van der Waals surface area contributed by atoms with Crippen LogP contribution in [0.2, 0.25) is 5.15 Å². The van der Waals surface area contributed by atoms with Gasteiger partial charge in [0.05, 0.1) is 5.69 Å². The van der Waals surface area contributed by atoms with Crippen molar-refractivity contribution < 1.29 is 8.78 Å². The van der Waals surface area contributed by atoms with Gasteiger partial charge in [0, 0.05) is 11.8 Å². The molecule has 17 heavy (non-hydrogen) atoms. The summed E-state index contributed by atoms with van der Waals surface area (Å²) in [4.78, 5) is 3.99. The van der Waals surface area contributed by atoms with Gasteiger partial charge < -0.3 is 5.73 Å². The predicted octanol–water partition coefficient (Wildman–Crippen LogP) is 3.08. The van der Waals surface area contributed by atoms with Crippen molar-refractivity contribution in [2.45, 2.75) is 17.9 Å². The fourth-order valence-electron chi connectivity index (χ4n) is 1.97. The highest BCUT2D eigenvalue weighted by Crippen LogP contribution is 2.57. The maximum atomic E-state index is 13.2. The molecule has 88 valence electrons. The summed E-state index contributed by atoms with van der Waals surface area (Å²) in [6.45, 7) is 0. The Hall–Kier alpha value is -1.26. The lowest BCUT2D eigenvalue weighted by Crippen LogP contribution is -2.28. The molecule has 0 spiro atoms. The molecule has 3 rings (SSSR count). The Morgan fingerprint density at radius 1 is 1.29 bits per heavy atom. The van der Waals surface area contributed by atoms with E-state index in [0.29, 0.717) is 0 Å². The molecule has 0 amide bonds. The zero-order valence-electron chi connectivity index (χ0n) is 8.75. The minimum Gasteiger partial charge on any atom is -0.315 e. The average Bonchev–Trinajstić information content (AvgIpc) is 2.79. The molecule has 1 aromatic heterocycles. The van der Waals surface area contributed by atoms with Gasteiger partial charge in [0.2, 0.25) is 0 Å². The molecule has 1 fully saturated rings. The Labute approximate surface area is 101 Å². The van der Waals surface area contributed by atoms with Gasteiger partial charge in [-0.25, -0.2) is 13.8 Å². The lowest BCUT2D eigenvalue weighted by Gasteiger charge is -2.11. The number of aromatic nitrogens is 1. The van der Waals surface area contributed by atoms with Crippen LogP contribution in [-0.4, -0.2) is 10.9 Å². The van der Waals surface area contributed by atoms with Gasteiger partial charge in [0.1, 0.15) is 10.7 Å². The fourth-order valence-corrected chi connectivity index (χ4v) is 2.23. The van der Waals surface area contributed by atoms with Crippen LogP contribution >= 0.6 is 11.6 Å². The van der Waals surface area contributed by atoms with Gasteiger partial charge in [-0.2, -0.15) is 0 Å². The van der Waals surface area contributed by atoms with E-state index in [9.17, 15) is 8.78 Å². The first-order chi connectivity index (χ1) is 7.94. The number of fused-ring (bicyclic) bond motifs is 1. The van der Waals surface area contributed by atoms with Crippen LogP contribution in [0.25, 0.3) is 10.8 Å². The molecule has 1 heterocycles. The van der Waals surface area contributed by atoms with Crippen molar-refractivity contribution in [2.75, 3.05) is 0 Å². The van der Waals surface area contributed by atoms with E-state index in [0.717, 1.165) is 10.8 Å². The second kappa shape index (κ2) is 3.15. The highest BCUT2D eigenvalue weighted by atomic mass is 35.5. The Balaban J connectivity index is 2.21. The molecule has 2 N–H and O–H groups in total. The zero-order chi connectivity index (χ0) is 12.3. The largest absolute Gasteiger partial charge is 0.315 e. The summed E-state index contributed by atoms with van der Waals surface area (Å²) in [5, 5.41) is 1.73. The molecule has 0 saturated heterocycles. The number of pyridine rings is 1. The van der Waals surface area contributed by atoms with E-state index < -0.39 is 11.5 Å². The maximum absolute atomic E-state index is 13.2. The average molecular weight is 255 g/mol. The van der Waals surface area contributed by atoms with Gasteiger partial charge in [-0.15, -0.1) is 0 Å². The van der Waals surface area contributed by atoms with Gasteiger partial charge in [0.25, 0.3) is 5.92 Å². The van der Waals surface area contributed by atoms with E-state index >= 15 is 0 Å². The van der Waals surface area contributed by atoms with Crippen LogP contribution in [0.4, 0.5) is 8.78 Å². The lowest BCUT2D eigenvalue weighted by molar-refractivity contribution is 0.0881. The number of hydrogen-bond acceptors (Lipinski definition) is 2. The van der Waals surface area contributed by atoms with Crippen molar-refractivity contribution in [3.63, 3.8) is 0 Å². The molecule has 1 aliphatic carbocycles. The van der Waals surface area contributed by atoms with Gasteiger partial charge in [-0.05, 0) is 11.5 Å². The zero-order valence-corrected chi connectivity index (χ0v) is 9.51. The molecule has 0 radical (unpaired) electrons. The Morgan fingerprint density at radius 2 is 1.94 bits per heavy atom. The number of benzene rings is 1. The first-order valence-corrected chi connectivity index (χ1v) is 5.54. The predicted molar refractivity (Wildman–Crippen MR) is 62.2 cm³/mol. The normalized spacial score (nSPS) is 26.1. The van der Waals surface area contributed by atoms with Crippen LogP contribution < -0.4 is 5.73 Å². The van der Waals surface area contributed by atoms with E-state index in [1.165, 1.54) is 0 Å². The summed E-state index contributed by atoms with van der Waals surface area (Å²) in [7, 11) is 0. The number of nitrogens with two attached hydrogens (primary N) is 1. The van der Waals surface area contributed by atoms with Crippen molar-refractivity contribution in [3.05, 3.63) is 41.2 Å². The third-order valence-electron chi connectivity index (χ3n) is 3.18. The topological polar surface area (TPSA) is 38.9 Å². The Kier molecular flexibility index (Phi) is 2.01. The van der Waals surface area contributed by atoms with E-state index in [1.807, 2.05) is 12.1 Å². The molecular formula is C12H9ClF2N2. The smallest absolute Gasteiger partial charge is 0.273 e. The molecule has 1 unspecified atom stereocenters. The third kappa shape index (κ3) is 1.44. The van der Waals surface area contributed by atoms with E-state index in [1.54, 1.807) is 18.2 Å². The van der Waals surface area contributed by atoms with E-state index in [-0.39, 0.29) is 17.3 Å². The number of alkyl halides is 2. The second-order valence-corrected chi connectivity index (χ2v) is 4.73. The summed E-state index contributed by atoms with van der Waals surface area (Å²) in [5.41, 5.74) is 4.14. The van der Waals surface area contributed by atoms with Crippen molar-refractivity contribution >= 4 is 22.4 Å². The minimum absolute atomic E-state index is 0.159. The van der Waals surface area contributed by atoms with Crippen LogP contribution in [0.5, 0.6) is 0 Å². The van der Waals surface area contributed by atoms with Crippen molar-refractivity contribution in [3.8, 4) is 0 Å². The van der Waals surface area contributed by atoms with Gasteiger partial charge in [-0.3, -0.25) is 0 Å². The number of hydrogen-bond donors (Lipinski definition) is 1. The quantitative estimate of drug-likeness (QED) is 0.795. The first-order valence-electron chi connectivity index (χ1n) is 5.16. The summed E-state index contributed by atoms with van der Waals surface area (Å²) < 4.78 is 26.4. The molecule has 1 aromatic carbocycles. The first kappa shape index (κ1) is 10.9. The molecule has 5 heteroatoms. The van der Waals surface area contributed by atoms with Crippen LogP contribution in [0.15, 0.2) is 30.3 Å². The molecule has 1 atom stereocenters. The third-order valence-corrected chi connectivity index (χ3v) is 3.47. The van der Waals surface area contributed by atoms with Crippen molar-refractivity contribution in [1.82, 2.24) is 4.98 Å². The Morgan fingerprint density at radius 3 is 2.59 bits per heavy atom. The summed E-state index contributed by atoms with van der Waals surface area (Å²) in [6, 6.07) is 8.82. The van der Waals surface area contributed by atoms with Crippen molar-refractivity contribution in [1.29, 1.82) is 0 Å².